The van der Waals surface area contributed by atoms with Gasteiger partial charge in [-0.05, 0) is 48.7 Å². The number of hydrogen-bond donors (Lipinski definition) is 2. The van der Waals surface area contributed by atoms with Gasteiger partial charge in [0.2, 0.25) is 0 Å². The fraction of sp³-hybridized carbons (Fsp3) is 0.278. The van der Waals surface area contributed by atoms with Crippen LogP contribution in [0.2, 0.25) is 0 Å². The maximum absolute atomic E-state index is 12.7. The Bertz CT molecular complexity index is 652. The van der Waals surface area contributed by atoms with Crippen molar-refractivity contribution < 1.29 is 9.90 Å². The maximum Gasteiger partial charge on any atom is 0.167 e. The summed E-state index contributed by atoms with van der Waals surface area (Å²) in [4.78, 5) is 12.7. The van der Waals surface area contributed by atoms with Gasteiger partial charge in [0.15, 0.2) is 5.78 Å². The van der Waals surface area contributed by atoms with Gasteiger partial charge >= 0.3 is 0 Å². The number of carbonyl (C=O) groups is 1. The summed E-state index contributed by atoms with van der Waals surface area (Å²) in [6.45, 7) is 3.60. The molecular weight excluding hydrogens is 262 g/mol. The average molecular weight is 281 g/mol. The lowest BCUT2D eigenvalue weighted by molar-refractivity contribution is 0.0931. The Labute approximate surface area is 124 Å². The first-order valence-corrected chi connectivity index (χ1v) is 7.30. The standard InChI is InChI=1S/C18H19NO2/c1-12-8-14(10-15(20)9-12)16-4-2-3-5-17(16)18(21)13-6-7-19-11-13/h2-5,8-10,13,19-20H,6-7,11H2,1H3. The molecule has 1 aliphatic rings. The fourth-order valence-electron chi connectivity index (χ4n) is 2.97. The zero-order chi connectivity index (χ0) is 14.8. The van der Waals surface area contributed by atoms with E-state index in [1.807, 2.05) is 37.3 Å². The quantitative estimate of drug-likeness (QED) is 0.850. The maximum atomic E-state index is 12.7. The highest BCUT2D eigenvalue weighted by atomic mass is 16.3. The normalized spacial score (nSPS) is 17.9. The highest BCUT2D eigenvalue weighted by Gasteiger charge is 2.25. The summed E-state index contributed by atoms with van der Waals surface area (Å²) in [6, 6.07) is 13.1. The van der Waals surface area contributed by atoms with Crippen LogP contribution in [0, 0.1) is 12.8 Å². The molecule has 2 N–H and O–H groups in total. The summed E-state index contributed by atoms with van der Waals surface area (Å²) >= 11 is 0. The summed E-state index contributed by atoms with van der Waals surface area (Å²) < 4.78 is 0. The number of hydrogen-bond acceptors (Lipinski definition) is 3. The van der Waals surface area contributed by atoms with Gasteiger partial charge < -0.3 is 10.4 Å². The molecule has 0 aromatic heterocycles. The molecule has 3 heteroatoms. The number of nitrogens with one attached hydrogen (secondary N) is 1. The highest BCUT2D eigenvalue weighted by molar-refractivity contribution is 6.04. The van der Waals surface area contributed by atoms with Crippen molar-refractivity contribution in [1.82, 2.24) is 5.32 Å². The molecule has 1 atom stereocenters. The Balaban J connectivity index is 2.04. The summed E-state index contributed by atoms with van der Waals surface area (Å²) in [5, 5.41) is 13.0. The smallest absolute Gasteiger partial charge is 0.167 e. The number of ketones is 1. The molecule has 1 aliphatic heterocycles. The zero-order valence-electron chi connectivity index (χ0n) is 12.1. The molecule has 21 heavy (non-hydrogen) atoms. The minimum atomic E-state index is 0.0598. The van der Waals surface area contributed by atoms with E-state index in [0.29, 0.717) is 0 Å². The van der Waals surface area contributed by atoms with Crippen molar-refractivity contribution in [3.8, 4) is 16.9 Å². The van der Waals surface area contributed by atoms with Crippen LogP contribution in [-0.4, -0.2) is 24.0 Å². The molecule has 3 nitrogen and oxygen atoms in total. The Morgan fingerprint density at radius 3 is 2.76 bits per heavy atom. The molecule has 1 saturated heterocycles. The average Bonchev–Trinajstić information content (AvgIpc) is 2.99. The van der Waals surface area contributed by atoms with Gasteiger partial charge in [0.25, 0.3) is 0 Å². The molecule has 1 unspecified atom stereocenters. The van der Waals surface area contributed by atoms with Crippen molar-refractivity contribution in [3.05, 3.63) is 53.6 Å². The first-order chi connectivity index (χ1) is 10.1. The van der Waals surface area contributed by atoms with Gasteiger partial charge in [-0.1, -0.05) is 30.3 Å². The molecule has 0 saturated carbocycles. The van der Waals surface area contributed by atoms with Gasteiger partial charge in [0.05, 0.1) is 0 Å². The van der Waals surface area contributed by atoms with Gasteiger partial charge in [-0.2, -0.15) is 0 Å². The van der Waals surface area contributed by atoms with Crippen LogP contribution in [0.3, 0.4) is 0 Å². The van der Waals surface area contributed by atoms with Crippen LogP contribution in [-0.2, 0) is 0 Å². The molecule has 1 heterocycles. The Morgan fingerprint density at radius 2 is 2.05 bits per heavy atom. The van der Waals surface area contributed by atoms with Gasteiger partial charge in [-0.3, -0.25) is 4.79 Å². The van der Waals surface area contributed by atoms with E-state index in [4.69, 9.17) is 0 Å². The zero-order valence-corrected chi connectivity index (χ0v) is 12.1. The summed E-state index contributed by atoms with van der Waals surface area (Å²) in [6.07, 6.45) is 0.895. The number of benzene rings is 2. The lowest BCUT2D eigenvalue weighted by atomic mass is 9.90. The van der Waals surface area contributed by atoms with E-state index in [-0.39, 0.29) is 17.5 Å². The lowest BCUT2D eigenvalue weighted by Crippen LogP contribution is -2.18. The largest absolute Gasteiger partial charge is 0.508 e. The molecule has 1 fully saturated rings. The van der Waals surface area contributed by atoms with Crippen LogP contribution in [0.1, 0.15) is 22.3 Å². The molecular formula is C18H19NO2. The third-order valence-corrected chi connectivity index (χ3v) is 4.00. The van der Waals surface area contributed by atoms with Crippen molar-refractivity contribution in [2.75, 3.05) is 13.1 Å². The summed E-state index contributed by atoms with van der Waals surface area (Å²) in [5.41, 5.74) is 3.52. The van der Waals surface area contributed by atoms with Crippen molar-refractivity contribution in [2.24, 2.45) is 5.92 Å². The monoisotopic (exact) mass is 281 g/mol. The van der Waals surface area contributed by atoms with Crippen LogP contribution in [0.4, 0.5) is 0 Å². The second-order valence-corrected chi connectivity index (χ2v) is 5.66. The van der Waals surface area contributed by atoms with Crippen LogP contribution in [0.15, 0.2) is 42.5 Å². The Hall–Kier alpha value is -2.13. The van der Waals surface area contributed by atoms with E-state index in [9.17, 15) is 9.90 Å². The topological polar surface area (TPSA) is 49.3 Å². The number of phenols is 1. The molecule has 2 aromatic rings. The van der Waals surface area contributed by atoms with E-state index in [1.165, 1.54) is 0 Å². The van der Waals surface area contributed by atoms with E-state index < -0.39 is 0 Å². The van der Waals surface area contributed by atoms with Gasteiger partial charge in [0.1, 0.15) is 5.75 Å². The molecule has 0 aliphatic carbocycles. The molecule has 3 rings (SSSR count). The predicted molar refractivity (Wildman–Crippen MR) is 83.6 cm³/mol. The van der Waals surface area contributed by atoms with Crippen LogP contribution in [0.5, 0.6) is 5.75 Å². The SMILES string of the molecule is Cc1cc(O)cc(-c2ccccc2C(=O)C2CCNC2)c1. The fourth-order valence-corrected chi connectivity index (χ4v) is 2.97. The Kier molecular flexibility index (Phi) is 3.76. The predicted octanol–water partition coefficient (Wildman–Crippen LogP) is 3.16. The molecule has 0 radical (unpaired) electrons. The van der Waals surface area contributed by atoms with E-state index in [0.717, 1.165) is 41.8 Å². The summed E-state index contributed by atoms with van der Waals surface area (Å²) in [7, 11) is 0. The minimum absolute atomic E-state index is 0.0598. The second-order valence-electron chi connectivity index (χ2n) is 5.66. The molecule has 0 spiro atoms. The first kappa shape index (κ1) is 13.8. The Morgan fingerprint density at radius 1 is 1.24 bits per heavy atom. The third-order valence-electron chi connectivity index (χ3n) is 4.00. The second kappa shape index (κ2) is 5.70. The summed E-state index contributed by atoms with van der Waals surface area (Å²) in [5.74, 6) is 0.482. The number of aromatic hydroxyl groups is 1. The van der Waals surface area contributed by atoms with Gasteiger partial charge in [-0.15, -0.1) is 0 Å². The van der Waals surface area contributed by atoms with E-state index in [2.05, 4.69) is 5.32 Å². The van der Waals surface area contributed by atoms with Crippen molar-refractivity contribution in [1.29, 1.82) is 0 Å². The number of phenolic OH excluding ortho intramolecular Hbond substituents is 1. The van der Waals surface area contributed by atoms with Gasteiger partial charge in [0, 0.05) is 18.0 Å². The van der Waals surface area contributed by atoms with Crippen molar-refractivity contribution >= 4 is 5.78 Å². The highest BCUT2D eigenvalue weighted by Crippen LogP contribution is 2.30. The number of rotatable bonds is 3. The number of carbonyl (C=O) groups excluding carboxylic acids is 1. The van der Waals surface area contributed by atoms with Crippen LogP contribution >= 0.6 is 0 Å². The molecule has 108 valence electrons. The third kappa shape index (κ3) is 2.83. The van der Waals surface area contributed by atoms with Crippen molar-refractivity contribution in [2.45, 2.75) is 13.3 Å². The molecule has 0 amide bonds. The number of aryl methyl sites for hydroxylation is 1. The van der Waals surface area contributed by atoms with Crippen LogP contribution < -0.4 is 5.32 Å². The lowest BCUT2D eigenvalue weighted by Gasteiger charge is -2.13. The van der Waals surface area contributed by atoms with Crippen molar-refractivity contribution in [3.63, 3.8) is 0 Å². The molecule has 2 aromatic carbocycles. The minimum Gasteiger partial charge on any atom is -0.508 e. The van der Waals surface area contributed by atoms with E-state index >= 15 is 0 Å². The van der Waals surface area contributed by atoms with E-state index in [1.54, 1.807) is 12.1 Å². The molecule has 0 bridgehead atoms. The first-order valence-electron chi connectivity index (χ1n) is 7.30. The number of Topliss-reactive ketones (excluding diaryl/α,β-unsaturated/α-hetero) is 1. The van der Waals surface area contributed by atoms with Crippen LogP contribution in [0.25, 0.3) is 11.1 Å². The van der Waals surface area contributed by atoms with Gasteiger partial charge in [-0.25, -0.2) is 0 Å².